The van der Waals surface area contributed by atoms with E-state index in [0.29, 0.717) is 32.8 Å². The fraction of sp³-hybridized carbons (Fsp3) is 0.957. The highest BCUT2D eigenvalue weighted by Gasteiger charge is 2.25. The van der Waals surface area contributed by atoms with E-state index in [1.807, 2.05) is 20.8 Å². The average Bonchev–Trinajstić information content (AvgIpc) is 3.17. The third kappa shape index (κ3) is 36.7. The van der Waals surface area contributed by atoms with Gasteiger partial charge in [0.25, 0.3) is 0 Å². The summed E-state index contributed by atoms with van der Waals surface area (Å²) in [5.41, 5.74) is -0.660. The molecule has 0 aromatic heterocycles. The number of rotatable bonds is 42. The molecule has 0 rings (SSSR count). The molecule has 1 amide bonds. The van der Waals surface area contributed by atoms with Gasteiger partial charge in [0.2, 0.25) is 0 Å². The van der Waals surface area contributed by atoms with Gasteiger partial charge < -0.3 is 33.7 Å². The zero-order chi connectivity index (χ0) is 40.7. The minimum Gasteiger partial charge on any atom is -0.464 e. The molecule has 0 aromatic carbocycles. The Bertz CT molecular complexity index is 856. The molecule has 0 fully saturated rings. The number of amides is 1. The predicted molar refractivity (Wildman–Crippen MR) is 228 cm³/mol. The van der Waals surface area contributed by atoms with Crippen LogP contribution in [-0.2, 0) is 33.2 Å². The molecule has 0 aliphatic heterocycles. The first-order valence-corrected chi connectivity index (χ1v) is 23.1. The highest BCUT2D eigenvalue weighted by atomic mass is 16.6. The molecule has 0 heterocycles. The van der Waals surface area contributed by atoms with Crippen LogP contribution in [0, 0.1) is 0 Å². The number of hydrogen-bond acceptors (Lipinski definition) is 8. The standard InChI is InChI=1S/C46H91NO8/c1-8-11-13-15-17-19-21-23-25-27-29-31-35-51-40-42(52-36-32-30-28-26-24-22-20-18-16-14-12-9-2)41-54-44(49)47-39-43(48)53-37-34-46(6,10-3)55-38-33-45(4,5)50-7/h42H,8-41H2,1-7H3,(H,47,49)/t42-,46?/m1/s1. The first-order chi connectivity index (χ1) is 26.6. The van der Waals surface area contributed by atoms with Crippen molar-refractivity contribution in [3.05, 3.63) is 0 Å². The Morgan fingerprint density at radius 2 is 1.02 bits per heavy atom. The van der Waals surface area contributed by atoms with Crippen molar-refractivity contribution in [3.63, 3.8) is 0 Å². The van der Waals surface area contributed by atoms with Crippen LogP contribution in [0.25, 0.3) is 0 Å². The summed E-state index contributed by atoms with van der Waals surface area (Å²) >= 11 is 0. The van der Waals surface area contributed by atoms with Gasteiger partial charge >= 0.3 is 12.1 Å². The molecule has 0 aliphatic carbocycles. The Morgan fingerprint density at radius 1 is 0.545 bits per heavy atom. The van der Waals surface area contributed by atoms with Crippen molar-refractivity contribution in [2.45, 2.75) is 232 Å². The number of methoxy groups -OCH3 is 1. The van der Waals surface area contributed by atoms with Gasteiger partial charge in [-0.05, 0) is 46.5 Å². The van der Waals surface area contributed by atoms with Crippen molar-refractivity contribution in [2.75, 3.05) is 53.3 Å². The highest BCUT2D eigenvalue weighted by molar-refractivity contribution is 5.77. The van der Waals surface area contributed by atoms with E-state index in [0.717, 1.165) is 32.1 Å². The van der Waals surface area contributed by atoms with Crippen molar-refractivity contribution in [1.82, 2.24) is 5.32 Å². The number of ether oxygens (including phenoxy) is 6. The quantitative estimate of drug-likeness (QED) is 0.0482. The second-order valence-electron chi connectivity index (χ2n) is 16.6. The number of unbranched alkanes of at least 4 members (excludes halogenated alkanes) is 22. The molecule has 0 radical (unpaired) electrons. The summed E-state index contributed by atoms with van der Waals surface area (Å²) in [7, 11) is 1.70. The van der Waals surface area contributed by atoms with E-state index in [9.17, 15) is 9.59 Å². The molecule has 0 aromatic rings. The number of nitrogens with one attached hydrogen (secondary N) is 1. The van der Waals surface area contributed by atoms with Crippen LogP contribution >= 0.6 is 0 Å². The second-order valence-corrected chi connectivity index (χ2v) is 16.6. The Kier molecular flexibility index (Phi) is 37.1. The zero-order valence-corrected chi connectivity index (χ0v) is 37.4. The molecule has 328 valence electrons. The topological polar surface area (TPSA) is 102 Å². The smallest absolute Gasteiger partial charge is 0.407 e. The van der Waals surface area contributed by atoms with E-state index >= 15 is 0 Å². The third-order valence-corrected chi connectivity index (χ3v) is 10.9. The first kappa shape index (κ1) is 53.6. The highest BCUT2D eigenvalue weighted by Crippen LogP contribution is 2.23. The molecule has 0 saturated heterocycles. The van der Waals surface area contributed by atoms with E-state index in [4.69, 9.17) is 28.4 Å². The van der Waals surface area contributed by atoms with Gasteiger partial charge in [-0.1, -0.05) is 162 Å². The lowest BCUT2D eigenvalue weighted by Crippen LogP contribution is -2.36. The van der Waals surface area contributed by atoms with Crippen LogP contribution < -0.4 is 5.32 Å². The molecule has 9 nitrogen and oxygen atoms in total. The minimum absolute atomic E-state index is 0.0731. The molecule has 0 saturated carbocycles. The Labute approximate surface area is 340 Å². The van der Waals surface area contributed by atoms with Crippen molar-refractivity contribution < 1.29 is 38.0 Å². The van der Waals surface area contributed by atoms with E-state index in [1.165, 1.54) is 135 Å². The summed E-state index contributed by atoms with van der Waals surface area (Å²) < 4.78 is 34.6. The largest absolute Gasteiger partial charge is 0.464 e. The molecule has 55 heavy (non-hydrogen) atoms. The van der Waals surface area contributed by atoms with Gasteiger partial charge in [-0.25, -0.2) is 4.79 Å². The van der Waals surface area contributed by atoms with Crippen molar-refractivity contribution in [3.8, 4) is 0 Å². The summed E-state index contributed by atoms with van der Waals surface area (Å²) in [6.45, 7) is 14.9. The summed E-state index contributed by atoms with van der Waals surface area (Å²) in [5, 5.41) is 2.52. The number of carbonyl (C=O) groups is 2. The number of hydrogen-bond donors (Lipinski definition) is 1. The van der Waals surface area contributed by atoms with E-state index in [1.54, 1.807) is 7.11 Å². The molecule has 2 atom stereocenters. The molecular weight excluding hydrogens is 695 g/mol. The minimum atomic E-state index is -0.667. The fourth-order valence-corrected chi connectivity index (χ4v) is 6.39. The van der Waals surface area contributed by atoms with E-state index in [2.05, 4.69) is 26.1 Å². The molecule has 0 aliphatic rings. The zero-order valence-electron chi connectivity index (χ0n) is 37.4. The average molecular weight is 786 g/mol. The molecule has 0 bridgehead atoms. The van der Waals surface area contributed by atoms with Gasteiger partial charge in [-0.2, -0.15) is 0 Å². The van der Waals surface area contributed by atoms with Crippen LogP contribution in [-0.4, -0.2) is 82.7 Å². The Morgan fingerprint density at radius 3 is 1.49 bits per heavy atom. The van der Waals surface area contributed by atoms with Gasteiger partial charge in [0.1, 0.15) is 19.3 Å². The number of alkyl carbamates (subject to hydrolysis) is 1. The van der Waals surface area contributed by atoms with Gasteiger partial charge in [0.05, 0.1) is 31.0 Å². The summed E-state index contributed by atoms with van der Waals surface area (Å²) in [6, 6.07) is 0. The molecule has 1 N–H and O–H groups in total. The van der Waals surface area contributed by atoms with E-state index < -0.39 is 17.7 Å². The summed E-state index contributed by atoms with van der Waals surface area (Å²) in [5.74, 6) is -0.513. The van der Waals surface area contributed by atoms with E-state index in [-0.39, 0.29) is 31.5 Å². The van der Waals surface area contributed by atoms with Crippen LogP contribution in [0.3, 0.4) is 0 Å². The summed E-state index contributed by atoms with van der Waals surface area (Å²) in [4.78, 5) is 24.8. The maximum atomic E-state index is 12.5. The Balaban J connectivity index is 4.41. The number of esters is 1. The third-order valence-electron chi connectivity index (χ3n) is 10.9. The van der Waals surface area contributed by atoms with Crippen molar-refractivity contribution >= 4 is 12.1 Å². The SMILES string of the molecule is CCCCCCCCCCCCCCOC[C@H](COC(=O)NCC(=O)OCCC(C)(CC)OCCC(C)(C)OC)OCCCCCCCCCCCCCC. The monoisotopic (exact) mass is 786 g/mol. The van der Waals surface area contributed by atoms with Crippen LogP contribution in [0.15, 0.2) is 0 Å². The Hall–Kier alpha value is -1.42. The first-order valence-electron chi connectivity index (χ1n) is 23.1. The van der Waals surface area contributed by atoms with Gasteiger partial charge in [-0.15, -0.1) is 0 Å². The second kappa shape index (κ2) is 38.1. The van der Waals surface area contributed by atoms with Crippen molar-refractivity contribution in [1.29, 1.82) is 0 Å². The van der Waals surface area contributed by atoms with Crippen LogP contribution in [0.4, 0.5) is 4.79 Å². The fourth-order valence-electron chi connectivity index (χ4n) is 6.39. The lowest BCUT2D eigenvalue weighted by Gasteiger charge is -2.31. The van der Waals surface area contributed by atoms with Gasteiger partial charge in [-0.3, -0.25) is 4.79 Å². The molecule has 1 unspecified atom stereocenters. The maximum Gasteiger partial charge on any atom is 0.407 e. The predicted octanol–water partition coefficient (Wildman–Crippen LogP) is 12.5. The van der Waals surface area contributed by atoms with Crippen molar-refractivity contribution in [2.24, 2.45) is 0 Å². The van der Waals surface area contributed by atoms with Gasteiger partial charge in [0.15, 0.2) is 0 Å². The van der Waals surface area contributed by atoms with Gasteiger partial charge in [0, 0.05) is 26.7 Å². The van der Waals surface area contributed by atoms with Crippen LogP contribution in [0.2, 0.25) is 0 Å². The molecule has 0 spiro atoms. The summed E-state index contributed by atoms with van der Waals surface area (Å²) in [6.07, 6.45) is 32.3. The lowest BCUT2D eigenvalue weighted by molar-refractivity contribution is -0.145. The van der Waals surface area contributed by atoms with Crippen LogP contribution in [0.5, 0.6) is 0 Å². The number of carbonyl (C=O) groups excluding carboxylic acids is 2. The van der Waals surface area contributed by atoms with Crippen LogP contribution in [0.1, 0.15) is 215 Å². The normalized spacial score (nSPS) is 13.4. The lowest BCUT2D eigenvalue weighted by atomic mass is 9.99. The molecule has 9 heteroatoms. The molecular formula is C46H91NO8. The maximum absolute atomic E-state index is 12.5.